The lowest BCUT2D eigenvalue weighted by Gasteiger charge is -2.33. The van der Waals surface area contributed by atoms with Gasteiger partial charge in [-0.3, -0.25) is 4.79 Å². The summed E-state index contributed by atoms with van der Waals surface area (Å²) in [6, 6.07) is 6.46. The molecule has 0 radical (unpaired) electrons. The maximum absolute atomic E-state index is 12.8. The minimum atomic E-state index is -0.717. The molecule has 1 aromatic carbocycles. The van der Waals surface area contributed by atoms with Crippen LogP contribution in [-0.4, -0.2) is 24.2 Å². The third-order valence-corrected chi connectivity index (χ3v) is 3.27. The average molecular weight is 267 g/mol. The highest BCUT2D eigenvalue weighted by Crippen LogP contribution is 2.25. The minimum Gasteiger partial charge on any atom is -0.481 e. The normalized spacial score (nSPS) is 15.6. The quantitative estimate of drug-likeness (QED) is 0.910. The Labute approximate surface area is 114 Å². The van der Waals surface area contributed by atoms with Crippen molar-refractivity contribution in [1.29, 1.82) is 0 Å². The van der Waals surface area contributed by atoms with Gasteiger partial charge >= 0.3 is 5.97 Å². The monoisotopic (exact) mass is 267 g/mol. The molecule has 0 unspecified atom stereocenters. The summed E-state index contributed by atoms with van der Waals surface area (Å²) in [5.74, 6) is -0.663. The molecule has 0 spiro atoms. The Morgan fingerprint density at radius 2 is 1.79 bits per heavy atom. The van der Waals surface area contributed by atoms with Gasteiger partial charge in [0.2, 0.25) is 0 Å². The second kappa shape index (κ2) is 7.77. The van der Waals surface area contributed by atoms with Crippen molar-refractivity contribution in [2.45, 2.75) is 33.1 Å². The second-order valence-electron chi connectivity index (χ2n) is 4.50. The highest BCUT2D eigenvalue weighted by molar-refractivity contribution is 5.67. The summed E-state index contributed by atoms with van der Waals surface area (Å²) in [7, 11) is 0. The van der Waals surface area contributed by atoms with Gasteiger partial charge in [-0.05, 0) is 43.0 Å². The lowest BCUT2D eigenvalue weighted by atomic mass is 9.93. The molecule has 1 saturated heterocycles. The van der Waals surface area contributed by atoms with E-state index in [2.05, 4.69) is 4.90 Å². The Kier molecular flexibility index (Phi) is 6.33. The average Bonchev–Trinajstić information content (AvgIpc) is 2.42. The first-order valence-corrected chi connectivity index (χ1v) is 6.87. The van der Waals surface area contributed by atoms with E-state index in [0.29, 0.717) is 0 Å². The van der Waals surface area contributed by atoms with Crippen molar-refractivity contribution in [3.63, 3.8) is 0 Å². The third kappa shape index (κ3) is 4.89. The van der Waals surface area contributed by atoms with Crippen molar-refractivity contribution in [1.82, 2.24) is 0 Å². The molecule has 19 heavy (non-hydrogen) atoms. The van der Waals surface area contributed by atoms with Gasteiger partial charge < -0.3 is 10.0 Å². The summed E-state index contributed by atoms with van der Waals surface area (Å²) < 4.78 is 12.8. The van der Waals surface area contributed by atoms with E-state index in [9.17, 15) is 9.18 Å². The molecule has 0 aliphatic carbocycles. The molecule has 2 rings (SSSR count). The van der Waals surface area contributed by atoms with Gasteiger partial charge in [-0.25, -0.2) is 4.39 Å². The van der Waals surface area contributed by atoms with Gasteiger partial charge in [-0.1, -0.05) is 13.8 Å². The Hall–Kier alpha value is -1.58. The predicted molar refractivity (Wildman–Crippen MR) is 74.9 cm³/mol. The Bertz CT molecular complexity index is 384. The number of nitrogens with zero attached hydrogens (tertiary/aromatic N) is 1. The minimum absolute atomic E-state index is 0.227. The number of benzene rings is 1. The molecule has 4 heteroatoms. The van der Waals surface area contributed by atoms with Crippen molar-refractivity contribution in [2.75, 3.05) is 18.0 Å². The van der Waals surface area contributed by atoms with E-state index in [1.807, 2.05) is 13.8 Å². The molecule has 1 fully saturated rings. The maximum Gasteiger partial charge on any atom is 0.303 e. The lowest BCUT2D eigenvalue weighted by molar-refractivity contribution is -0.138. The molecule has 0 amide bonds. The van der Waals surface area contributed by atoms with Crippen LogP contribution in [0, 0.1) is 11.7 Å². The standard InChI is InChI=1S/C13H16FNO2.C2H6/c14-11-1-3-12(4-2-11)15-7-5-10(6-8-15)9-13(16)17;1-2/h1-4,10H,5-9H2,(H,16,17);1-2H3. The smallest absolute Gasteiger partial charge is 0.303 e. The summed E-state index contributed by atoms with van der Waals surface area (Å²) in [4.78, 5) is 12.8. The van der Waals surface area contributed by atoms with Crippen LogP contribution in [0.15, 0.2) is 24.3 Å². The highest BCUT2D eigenvalue weighted by atomic mass is 19.1. The second-order valence-corrected chi connectivity index (χ2v) is 4.50. The van der Waals surface area contributed by atoms with Crippen LogP contribution < -0.4 is 4.90 Å². The number of hydrogen-bond acceptors (Lipinski definition) is 2. The summed E-state index contributed by atoms with van der Waals surface area (Å²) in [5.41, 5.74) is 1.01. The fraction of sp³-hybridized carbons (Fsp3) is 0.533. The van der Waals surface area contributed by atoms with Crippen LogP contribution in [0.5, 0.6) is 0 Å². The molecule has 1 aromatic rings. The molecular formula is C15H22FNO2. The topological polar surface area (TPSA) is 40.5 Å². The van der Waals surface area contributed by atoms with Crippen molar-refractivity contribution < 1.29 is 14.3 Å². The van der Waals surface area contributed by atoms with E-state index in [4.69, 9.17) is 5.11 Å². The van der Waals surface area contributed by atoms with Crippen LogP contribution in [0.25, 0.3) is 0 Å². The largest absolute Gasteiger partial charge is 0.481 e. The number of hydrogen-bond donors (Lipinski definition) is 1. The van der Waals surface area contributed by atoms with E-state index >= 15 is 0 Å². The van der Waals surface area contributed by atoms with Crippen LogP contribution in [0.3, 0.4) is 0 Å². The van der Waals surface area contributed by atoms with Crippen molar-refractivity contribution in [2.24, 2.45) is 5.92 Å². The molecule has 0 aromatic heterocycles. The molecule has 106 valence electrons. The zero-order chi connectivity index (χ0) is 14.3. The maximum atomic E-state index is 12.8. The molecule has 0 bridgehead atoms. The van der Waals surface area contributed by atoms with Crippen molar-refractivity contribution in [3.05, 3.63) is 30.1 Å². The van der Waals surface area contributed by atoms with Gasteiger partial charge in [-0.15, -0.1) is 0 Å². The number of carboxylic acid groups (broad SMARTS) is 1. The van der Waals surface area contributed by atoms with E-state index in [1.165, 1.54) is 12.1 Å². The number of anilines is 1. The Morgan fingerprint density at radius 1 is 1.26 bits per heavy atom. The van der Waals surface area contributed by atoms with Gasteiger partial charge in [0, 0.05) is 25.2 Å². The third-order valence-electron chi connectivity index (χ3n) is 3.27. The molecule has 1 aliphatic rings. The zero-order valence-electron chi connectivity index (χ0n) is 11.6. The van der Waals surface area contributed by atoms with Crippen LogP contribution in [0.2, 0.25) is 0 Å². The Balaban J connectivity index is 0.000000861. The fourth-order valence-electron chi connectivity index (χ4n) is 2.29. The van der Waals surface area contributed by atoms with Crippen LogP contribution >= 0.6 is 0 Å². The molecule has 0 atom stereocenters. The fourth-order valence-corrected chi connectivity index (χ4v) is 2.29. The van der Waals surface area contributed by atoms with Crippen LogP contribution in [-0.2, 0) is 4.79 Å². The molecule has 3 nitrogen and oxygen atoms in total. The SMILES string of the molecule is CC.O=C(O)CC1CCN(c2ccc(F)cc2)CC1. The number of aliphatic carboxylic acids is 1. The van der Waals surface area contributed by atoms with Crippen molar-refractivity contribution >= 4 is 11.7 Å². The first-order valence-electron chi connectivity index (χ1n) is 6.87. The van der Waals surface area contributed by atoms with E-state index in [-0.39, 0.29) is 18.2 Å². The molecule has 1 heterocycles. The first kappa shape index (κ1) is 15.5. The summed E-state index contributed by atoms with van der Waals surface area (Å²) >= 11 is 0. The predicted octanol–water partition coefficient (Wildman–Crippen LogP) is 3.54. The van der Waals surface area contributed by atoms with Gasteiger partial charge in [-0.2, -0.15) is 0 Å². The van der Waals surface area contributed by atoms with Crippen LogP contribution in [0.4, 0.5) is 10.1 Å². The molecule has 1 aliphatic heterocycles. The number of carbonyl (C=O) groups is 1. The summed E-state index contributed by atoms with van der Waals surface area (Å²) in [6.45, 7) is 5.70. The van der Waals surface area contributed by atoms with Gasteiger partial charge in [0.1, 0.15) is 5.82 Å². The zero-order valence-corrected chi connectivity index (χ0v) is 11.6. The van der Waals surface area contributed by atoms with Gasteiger partial charge in [0.25, 0.3) is 0 Å². The number of carboxylic acids is 1. The number of halogens is 1. The van der Waals surface area contributed by atoms with Crippen LogP contribution in [0.1, 0.15) is 33.1 Å². The first-order chi connectivity index (χ1) is 9.15. The molecular weight excluding hydrogens is 245 g/mol. The van der Waals surface area contributed by atoms with Gasteiger partial charge in [0.05, 0.1) is 0 Å². The van der Waals surface area contributed by atoms with E-state index < -0.39 is 5.97 Å². The van der Waals surface area contributed by atoms with E-state index in [1.54, 1.807) is 12.1 Å². The number of rotatable bonds is 3. The summed E-state index contributed by atoms with van der Waals surface area (Å²) in [5, 5.41) is 8.72. The molecule has 1 N–H and O–H groups in total. The number of piperidine rings is 1. The Morgan fingerprint density at radius 3 is 2.26 bits per heavy atom. The lowest BCUT2D eigenvalue weighted by Crippen LogP contribution is -2.34. The highest BCUT2D eigenvalue weighted by Gasteiger charge is 2.21. The molecule has 0 saturated carbocycles. The van der Waals surface area contributed by atoms with Crippen molar-refractivity contribution in [3.8, 4) is 0 Å². The van der Waals surface area contributed by atoms with Gasteiger partial charge in [0.15, 0.2) is 0 Å². The summed E-state index contributed by atoms with van der Waals surface area (Å²) in [6.07, 6.45) is 2.05. The van der Waals surface area contributed by atoms with E-state index in [0.717, 1.165) is 31.6 Å².